The summed E-state index contributed by atoms with van der Waals surface area (Å²) in [7, 11) is -2.85. The Bertz CT molecular complexity index is 1010. The van der Waals surface area contributed by atoms with Gasteiger partial charge in [-0.3, -0.25) is 14.8 Å². The first-order chi connectivity index (χ1) is 12.8. The maximum absolute atomic E-state index is 12.6. The number of hydrogen-bond acceptors (Lipinski definition) is 6. The minimum atomic E-state index is -4.15. The van der Waals surface area contributed by atoms with Gasteiger partial charge in [-0.1, -0.05) is 18.2 Å². The molecule has 1 aliphatic rings. The van der Waals surface area contributed by atoms with Crippen molar-refractivity contribution in [3.8, 4) is 0 Å². The molecule has 9 nitrogen and oxygen atoms in total. The van der Waals surface area contributed by atoms with Crippen molar-refractivity contribution in [3.63, 3.8) is 0 Å². The number of amides is 1. The Morgan fingerprint density at radius 2 is 1.96 bits per heavy atom. The van der Waals surface area contributed by atoms with Crippen LogP contribution in [-0.4, -0.2) is 38.0 Å². The van der Waals surface area contributed by atoms with Gasteiger partial charge in [0.05, 0.1) is 12.0 Å². The number of hydrogen-bond donors (Lipinski definition) is 1. The summed E-state index contributed by atoms with van der Waals surface area (Å²) in [6.07, 6.45) is 0.174. The van der Waals surface area contributed by atoms with Gasteiger partial charge < -0.3 is 9.64 Å². The van der Waals surface area contributed by atoms with E-state index in [9.17, 15) is 23.3 Å². The summed E-state index contributed by atoms with van der Waals surface area (Å²) in [4.78, 5) is 23.2. The summed E-state index contributed by atoms with van der Waals surface area (Å²) in [5, 5.41) is 11.1. The average molecular weight is 391 g/mol. The van der Waals surface area contributed by atoms with Gasteiger partial charge in [-0.15, -0.1) is 0 Å². The molecule has 0 aliphatic carbocycles. The third kappa shape index (κ3) is 3.85. The average Bonchev–Trinajstić information content (AvgIpc) is 2.66. The molecular weight excluding hydrogens is 374 g/mol. The molecule has 0 bridgehead atoms. The van der Waals surface area contributed by atoms with E-state index < -0.39 is 31.6 Å². The van der Waals surface area contributed by atoms with Crippen LogP contribution in [-0.2, 0) is 27.7 Å². The maximum Gasteiger partial charge on any atom is 0.409 e. The molecule has 1 N–H and O–H groups in total. The number of rotatable bonds is 4. The van der Waals surface area contributed by atoms with Crippen molar-refractivity contribution in [2.45, 2.75) is 17.9 Å². The fraction of sp³-hybridized carbons (Fsp3) is 0.235. The Labute approximate surface area is 155 Å². The lowest BCUT2D eigenvalue weighted by molar-refractivity contribution is -0.387. The van der Waals surface area contributed by atoms with Crippen molar-refractivity contribution in [1.82, 2.24) is 4.90 Å². The van der Waals surface area contributed by atoms with Crippen molar-refractivity contribution in [1.29, 1.82) is 0 Å². The molecule has 0 saturated carbocycles. The minimum absolute atomic E-state index is 0.263. The summed E-state index contributed by atoms with van der Waals surface area (Å²) in [5.41, 5.74) is 1.55. The molecule has 0 aromatic heterocycles. The van der Waals surface area contributed by atoms with Gasteiger partial charge in [-0.25, -0.2) is 13.2 Å². The quantitative estimate of drug-likeness (QED) is 0.632. The normalized spacial score (nSPS) is 13.6. The molecule has 0 saturated heterocycles. The van der Waals surface area contributed by atoms with Crippen LogP contribution in [0.15, 0.2) is 47.4 Å². The van der Waals surface area contributed by atoms with Crippen LogP contribution >= 0.6 is 0 Å². The summed E-state index contributed by atoms with van der Waals surface area (Å²) in [6, 6.07) is 10.1. The van der Waals surface area contributed by atoms with Crippen molar-refractivity contribution < 1.29 is 22.9 Å². The van der Waals surface area contributed by atoms with Gasteiger partial charge >= 0.3 is 6.09 Å². The third-order valence-electron chi connectivity index (χ3n) is 4.26. The minimum Gasteiger partial charge on any atom is -0.453 e. The zero-order valence-electron chi connectivity index (χ0n) is 14.4. The number of carbonyl (C=O) groups is 1. The molecule has 27 heavy (non-hydrogen) atoms. The van der Waals surface area contributed by atoms with E-state index in [2.05, 4.69) is 4.72 Å². The van der Waals surface area contributed by atoms with Crippen molar-refractivity contribution in [3.05, 3.63) is 63.7 Å². The van der Waals surface area contributed by atoms with E-state index in [0.29, 0.717) is 19.5 Å². The number of carbonyl (C=O) groups excluding carboxylic acids is 1. The maximum atomic E-state index is 12.6. The highest BCUT2D eigenvalue weighted by Gasteiger charge is 2.26. The number of fused-ring (bicyclic) bond motifs is 1. The van der Waals surface area contributed by atoms with Gasteiger partial charge in [0.25, 0.3) is 15.7 Å². The van der Waals surface area contributed by atoms with Gasteiger partial charge in [-0.05, 0) is 35.7 Å². The molecular formula is C17H17N3O6S. The number of nitrogens with one attached hydrogen (secondary N) is 1. The predicted molar refractivity (Wildman–Crippen MR) is 96.9 cm³/mol. The number of anilines is 1. The number of nitrogens with zero attached hydrogens (tertiary/aromatic N) is 2. The molecule has 142 valence electrons. The lowest BCUT2D eigenvalue weighted by atomic mass is 9.99. The lowest BCUT2D eigenvalue weighted by Crippen LogP contribution is -2.35. The number of methoxy groups -OCH3 is 1. The highest BCUT2D eigenvalue weighted by molar-refractivity contribution is 7.92. The van der Waals surface area contributed by atoms with E-state index in [4.69, 9.17) is 4.74 Å². The Morgan fingerprint density at radius 1 is 1.22 bits per heavy atom. The molecule has 0 fully saturated rings. The van der Waals surface area contributed by atoms with E-state index in [1.807, 2.05) is 0 Å². The van der Waals surface area contributed by atoms with Gasteiger partial charge in [-0.2, -0.15) is 0 Å². The predicted octanol–water partition coefficient (Wildman–Crippen LogP) is 2.52. The first kappa shape index (κ1) is 18.6. The van der Waals surface area contributed by atoms with Crippen LogP contribution in [0.2, 0.25) is 0 Å². The van der Waals surface area contributed by atoms with Crippen molar-refractivity contribution >= 4 is 27.5 Å². The van der Waals surface area contributed by atoms with Gasteiger partial charge in [0.2, 0.25) is 0 Å². The molecule has 1 heterocycles. The molecule has 1 aliphatic heterocycles. The van der Waals surface area contributed by atoms with Crippen LogP contribution in [0.5, 0.6) is 0 Å². The molecule has 0 spiro atoms. The van der Waals surface area contributed by atoms with Crippen LogP contribution < -0.4 is 4.72 Å². The number of para-hydroxylation sites is 1. The van der Waals surface area contributed by atoms with Crippen LogP contribution in [0.4, 0.5) is 16.2 Å². The number of nitro benzene ring substituents is 1. The second kappa shape index (κ2) is 7.23. The van der Waals surface area contributed by atoms with Gasteiger partial charge in [0.15, 0.2) is 4.90 Å². The topological polar surface area (TPSA) is 119 Å². The fourth-order valence-electron chi connectivity index (χ4n) is 2.95. The fourth-order valence-corrected chi connectivity index (χ4v) is 4.17. The second-order valence-corrected chi connectivity index (χ2v) is 7.61. The molecule has 1 amide bonds. The van der Waals surface area contributed by atoms with E-state index in [0.717, 1.165) is 17.2 Å². The Morgan fingerprint density at radius 3 is 2.67 bits per heavy atom. The molecule has 0 atom stereocenters. The molecule has 2 aromatic carbocycles. The standard InChI is InChI=1S/C17H17N3O6S/c1-26-17(21)19-9-8-12-6-7-14(10-13(12)11-19)18-27(24,25)16-5-3-2-4-15(16)20(22)23/h2-7,10,18H,8-9,11H2,1H3. The van der Waals surface area contributed by atoms with Crippen LogP contribution in [0.25, 0.3) is 0 Å². The zero-order chi connectivity index (χ0) is 19.6. The SMILES string of the molecule is COC(=O)N1CCc2ccc(NS(=O)(=O)c3ccccc3[N+](=O)[O-])cc2C1. The Hall–Kier alpha value is -3.14. The number of benzene rings is 2. The largest absolute Gasteiger partial charge is 0.453 e. The number of sulfonamides is 1. The highest BCUT2D eigenvalue weighted by Crippen LogP contribution is 2.28. The van der Waals surface area contributed by atoms with E-state index in [1.165, 1.54) is 30.2 Å². The smallest absolute Gasteiger partial charge is 0.409 e. The molecule has 0 radical (unpaired) electrons. The summed E-state index contributed by atoms with van der Waals surface area (Å²) in [6.45, 7) is 0.810. The molecule has 3 rings (SSSR count). The van der Waals surface area contributed by atoms with Crippen molar-refractivity contribution in [2.75, 3.05) is 18.4 Å². The first-order valence-electron chi connectivity index (χ1n) is 8.03. The van der Waals surface area contributed by atoms with Crippen LogP contribution in [0.3, 0.4) is 0 Å². The highest BCUT2D eigenvalue weighted by atomic mass is 32.2. The zero-order valence-corrected chi connectivity index (χ0v) is 15.2. The number of nitro groups is 1. The third-order valence-corrected chi connectivity index (χ3v) is 5.68. The van der Waals surface area contributed by atoms with E-state index in [-0.39, 0.29) is 5.69 Å². The number of ether oxygens (including phenoxy) is 1. The summed E-state index contributed by atoms with van der Waals surface area (Å²) < 4.78 is 32.3. The van der Waals surface area contributed by atoms with Crippen LogP contribution in [0, 0.1) is 10.1 Å². The van der Waals surface area contributed by atoms with E-state index in [1.54, 1.807) is 18.2 Å². The van der Waals surface area contributed by atoms with Gasteiger partial charge in [0, 0.05) is 24.8 Å². The van der Waals surface area contributed by atoms with Gasteiger partial charge in [0.1, 0.15) is 0 Å². The molecule has 10 heteroatoms. The second-order valence-electron chi connectivity index (χ2n) is 5.96. The monoisotopic (exact) mass is 391 g/mol. The first-order valence-corrected chi connectivity index (χ1v) is 9.51. The summed E-state index contributed by atoms with van der Waals surface area (Å²) in [5.74, 6) is 0. The molecule has 0 unspecified atom stereocenters. The molecule has 2 aromatic rings. The van der Waals surface area contributed by atoms with Crippen LogP contribution in [0.1, 0.15) is 11.1 Å². The lowest BCUT2D eigenvalue weighted by Gasteiger charge is -2.28. The van der Waals surface area contributed by atoms with Crippen molar-refractivity contribution in [2.24, 2.45) is 0 Å². The Kier molecular flexibility index (Phi) is 5.00. The van der Waals surface area contributed by atoms with E-state index >= 15 is 0 Å². The Balaban J connectivity index is 1.89. The summed E-state index contributed by atoms with van der Waals surface area (Å²) >= 11 is 0.